The van der Waals surface area contributed by atoms with Crippen molar-refractivity contribution in [2.24, 2.45) is 5.92 Å². The second-order valence-electron chi connectivity index (χ2n) is 7.47. The van der Waals surface area contributed by atoms with Crippen molar-refractivity contribution in [3.8, 4) is 0 Å². The first-order chi connectivity index (χ1) is 12.9. The van der Waals surface area contributed by atoms with Gasteiger partial charge in [-0.05, 0) is 18.4 Å². The number of nitrogens with one attached hydrogen (secondary N) is 2. The Morgan fingerprint density at radius 3 is 2.74 bits per heavy atom. The van der Waals surface area contributed by atoms with Crippen LogP contribution >= 0.6 is 0 Å². The summed E-state index contributed by atoms with van der Waals surface area (Å²) in [6, 6.07) is 7.69. The van der Waals surface area contributed by atoms with Gasteiger partial charge in [-0.1, -0.05) is 43.7 Å². The molecule has 3 heterocycles. The van der Waals surface area contributed by atoms with Crippen molar-refractivity contribution in [2.45, 2.75) is 33.2 Å². The van der Waals surface area contributed by atoms with Gasteiger partial charge in [-0.2, -0.15) is 0 Å². The number of hydrogen-bond donors (Lipinski definition) is 2. The van der Waals surface area contributed by atoms with Gasteiger partial charge in [0.15, 0.2) is 0 Å². The summed E-state index contributed by atoms with van der Waals surface area (Å²) in [7, 11) is 0. The smallest absolute Gasteiger partial charge is 0.337 e. The Morgan fingerprint density at radius 2 is 2.04 bits per heavy atom. The summed E-state index contributed by atoms with van der Waals surface area (Å²) in [5.41, 5.74) is 2.32. The van der Waals surface area contributed by atoms with Gasteiger partial charge in [0.1, 0.15) is 12.4 Å². The first kappa shape index (κ1) is 17.3. The second-order valence-corrected chi connectivity index (χ2v) is 7.47. The van der Waals surface area contributed by atoms with E-state index in [4.69, 9.17) is 4.74 Å². The lowest BCUT2D eigenvalue weighted by molar-refractivity contribution is -0.136. The Labute approximate surface area is 155 Å². The number of aromatic amines is 1. The summed E-state index contributed by atoms with van der Waals surface area (Å²) in [6.07, 6.45) is 0. The highest BCUT2D eigenvalue weighted by molar-refractivity contribution is 5.96. The Hall–Kier alpha value is -3.09. The van der Waals surface area contributed by atoms with Gasteiger partial charge in [-0.15, -0.1) is 0 Å². The molecule has 7 heteroatoms. The third kappa shape index (κ3) is 2.79. The SMILES string of the molecule is Cc1cccc(C2C3=C(COC3=O)Nc3c2c(=O)[nH]c(=O)n3CC(C)C)c1. The number of carbonyl (C=O) groups is 1. The number of ether oxygens (including phenoxy) is 1. The maximum atomic E-state index is 12.8. The van der Waals surface area contributed by atoms with Gasteiger partial charge in [-0.25, -0.2) is 9.59 Å². The summed E-state index contributed by atoms with van der Waals surface area (Å²) in [5.74, 6) is -0.362. The van der Waals surface area contributed by atoms with E-state index in [0.717, 1.165) is 11.1 Å². The second kappa shape index (κ2) is 6.26. The number of nitrogens with zero attached hydrogens (tertiary/aromatic N) is 1. The number of carbonyl (C=O) groups excluding carboxylic acids is 1. The largest absolute Gasteiger partial charge is 0.456 e. The van der Waals surface area contributed by atoms with Gasteiger partial charge in [0, 0.05) is 6.54 Å². The molecule has 4 rings (SSSR count). The van der Waals surface area contributed by atoms with E-state index in [2.05, 4.69) is 10.3 Å². The molecule has 7 nitrogen and oxygen atoms in total. The van der Waals surface area contributed by atoms with Crippen molar-refractivity contribution in [1.29, 1.82) is 0 Å². The summed E-state index contributed by atoms with van der Waals surface area (Å²) in [5, 5.41) is 3.14. The van der Waals surface area contributed by atoms with E-state index >= 15 is 0 Å². The van der Waals surface area contributed by atoms with Gasteiger partial charge in [0.2, 0.25) is 0 Å². The average molecular weight is 367 g/mol. The van der Waals surface area contributed by atoms with Crippen molar-refractivity contribution in [1.82, 2.24) is 9.55 Å². The van der Waals surface area contributed by atoms with E-state index in [1.165, 1.54) is 4.57 Å². The zero-order chi connectivity index (χ0) is 19.3. The molecule has 1 aromatic carbocycles. The molecule has 2 aromatic rings. The van der Waals surface area contributed by atoms with Crippen LogP contribution in [-0.4, -0.2) is 22.1 Å². The molecule has 1 aromatic heterocycles. The number of cyclic esters (lactones) is 1. The molecule has 0 aliphatic carbocycles. The predicted molar refractivity (Wildman–Crippen MR) is 101 cm³/mol. The molecule has 1 unspecified atom stereocenters. The van der Waals surface area contributed by atoms with Crippen molar-refractivity contribution >= 4 is 11.8 Å². The third-order valence-electron chi connectivity index (χ3n) is 4.90. The molecule has 0 saturated heterocycles. The van der Waals surface area contributed by atoms with E-state index in [1.807, 2.05) is 45.0 Å². The van der Waals surface area contributed by atoms with E-state index < -0.39 is 23.1 Å². The minimum absolute atomic E-state index is 0.110. The van der Waals surface area contributed by atoms with E-state index in [0.29, 0.717) is 29.2 Å². The van der Waals surface area contributed by atoms with Crippen LogP contribution in [0.4, 0.5) is 5.82 Å². The molecule has 0 spiro atoms. The molecule has 0 fully saturated rings. The van der Waals surface area contributed by atoms with Crippen LogP contribution in [0.15, 0.2) is 45.1 Å². The van der Waals surface area contributed by atoms with Crippen LogP contribution in [0, 0.1) is 12.8 Å². The fraction of sp³-hybridized carbons (Fsp3) is 0.350. The molecular formula is C20H21N3O4. The minimum Gasteiger partial charge on any atom is -0.456 e. The van der Waals surface area contributed by atoms with Crippen molar-refractivity contribution in [3.63, 3.8) is 0 Å². The lowest BCUT2D eigenvalue weighted by Gasteiger charge is -2.28. The highest BCUT2D eigenvalue weighted by Gasteiger charge is 2.41. The molecule has 2 aliphatic rings. The fourth-order valence-electron chi connectivity index (χ4n) is 3.81. The highest BCUT2D eigenvalue weighted by Crippen LogP contribution is 2.42. The maximum Gasteiger partial charge on any atom is 0.337 e. The monoisotopic (exact) mass is 367 g/mol. The Bertz CT molecular complexity index is 1090. The van der Waals surface area contributed by atoms with Crippen LogP contribution in [0.5, 0.6) is 0 Å². The minimum atomic E-state index is -0.575. The molecule has 0 saturated carbocycles. The normalized spacial score (nSPS) is 18.2. The third-order valence-corrected chi connectivity index (χ3v) is 4.90. The summed E-state index contributed by atoms with van der Waals surface area (Å²) < 4.78 is 6.77. The molecule has 2 N–H and O–H groups in total. The number of aromatic nitrogens is 2. The zero-order valence-electron chi connectivity index (χ0n) is 15.5. The quantitative estimate of drug-likeness (QED) is 0.808. The van der Waals surface area contributed by atoms with Gasteiger partial charge in [-0.3, -0.25) is 14.3 Å². The highest BCUT2D eigenvalue weighted by atomic mass is 16.5. The number of anilines is 1. The first-order valence-corrected chi connectivity index (χ1v) is 8.97. The van der Waals surface area contributed by atoms with Crippen molar-refractivity contribution < 1.29 is 9.53 Å². The number of benzene rings is 1. The summed E-state index contributed by atoms with van der Waals surface area (Å²) in [4.78, 5) is 40.1. The zero-order valence-corrected chi connectivity index (χ0v) is 15.5. The molecular weight excluding hydrogens is 346 g/mol. The number of H-pyrrole nitrogens is 1. The van der Waals surface area contributed by atoms with Crippen molar-refractivity contribution in [3.05, 3.63) is 73.1 Å². The number of aryl methyl sites for hydroxylation is 1. The van der Waals surface area contributed by atoms with Gasteiger partial charge >= 0.3 is 11.7 Å². The van der Waals surface area contributed by atoms with Gasteiger partial charge < -0.3 is 10.1 Å². The molecule has 1 atom stereocenters. The lowest BCUT2D eigenvalue weighted by Crippen LogP contribution is -2.39. The standard InChI is InChI=1S/C20H21N3O4/c1-10(2)8-23-17-16(18(24)22-20(23)26)14(12-6-4-5-11(3)7-12)15-13(21-17)9-27-19(15)25/h4-7,10,14,21H,8-9H2,1-3H3,(H,22,24,26). The van der Waals surface area contributed by atoms with Gasteiger partial charge in [0.05, 0.1) is 22.8 Å². The number of rotatable bonds is 3. The average Bonchev–Trinajstić information content (AvgIpc) is 2.97. The maximum absolute atomic E-state index is 12.8. The molecule has 140 valence electrons. The summed E-state index contributed by atoms with van der Waals surface area (Å²) >= 11 is 0. The fourth-order valence-corrected chi connectivity index (χ4v) is 3.81. The molecule has 2 aliphatic heterocycles. The predicted octanol–water partition coefficient (Wildman–Crippen LogP) is 1.87. The molecule has 0 radical (unpaired) electrons. The Morgan fingerprint density at radius 1 is 1.26 bits per heavy atom. The number of hydrogen-bond acceptors (Lipinski definition) is 5. The number of esters is 1. The van der Waals surface area contributed by atoms with E-state index in [9.17, 15) is 14.4 Å². The molecule has 0 bridgehead atoms. The van der Waals surface area contributed by atoms with Crippen LogP contribution in [0.1, 0.15) is 36.5 Å². The van der Waals surface area contributed by atoms with E-state index in [1.54, 1.807) is 0 Å². The van der Waals surface area contributed by atoms with Crippen LogP contribution < -0.4 is 16.6 Å². The first-order valence-electron chi connectivity index (χ1n) is 8.97. The van der Waals surface area contributed by atoms with Crippen molar-refractivity contribution in [2.75, 3.05) is 11.9 Å². The van der Waals surface area contributed by atoms with Crippen LogP contribution in [-0.2, 0) is 16.1 Å². The topological polar surface area (TPSA) is 93.2 Å². The van der Waals surface area contributed by atoms with E-state index in [-0.39, 0.29) is 12.5 Å². The van der Waals surface area contributed by atoms with Crippen LogP contribution in [0.2, 0.25) is 0 Å². The Kier molecular flexibility index (Phi) is 4.02. The lowest BCUT2D eigenvalue weighted by atomic mass is 9.82. The molecule has 0 amide bonds. The Balaban J connectivity index is 2.03. The number of fused-ring (bicyclic) bond motifs is 1. The van der Waals surface area contributed by atoms with Crippen LogP contribution in [0.3, 0.4) is 0 Å². The summed E-state index contributed by atoms with van der Waals surface area (Å²) in [6.45, 7) is 6.51. The van der Waals surface area contributed by atoms with Gasteiger partial charge in [0.25, 0.3) is 5.56 Å². The molecule has 27 heavy (non-hydrogen) atoms. The van der Waals surface area contributed by atoms with Crippen LogP contribution in [0.25, 0.3) is 0 Å².